The van der Waals surface area contributed by atoms with Crippen molar-refractivity contribution in [3.63, 3.8) is 0 Å². The summed E-state index contributed by atoms with van der Waals surface area (Å²) in [5, 5.41) is 13.2. The second-order valence-electron chi connectivity index (χ2n) is 4.24. The zero-order valence-electron chi connectivity index (χ0n) is 10.9. The number of aryl methyl sites for hydroxylation is 1. The van der Waals surface area contributed by atoms with E-state index in [1.165, 1.54) is 0 Å². The number of ether oxygens (including phenoxy) is 1. The van der Waals surface area contributed by atoms with Crippen LogP contribution in [-0.2, 0) is 4.74 Å². The molecule has 0 fully saturated rings. The molecule has 0 aliphatic carbocycles. The van der Waals surface area contributed by atoms with E-state index in [0.717, 1.165) is 16.8 Å². The number of aromatic nitrogens is 1. The summed E-state index contributed by atoms with van der Waals surface area (Å²) in [4.78, 5) is 15.6. The first-order chi connectivity index (χ1) is 9.13. The van der Waals surface area contributed by atoms with E-state index in [9.17, 15) is 9.90 Å². The van der Waals surface area contributed by atoms with Crippen molar-refractivity contribution in [2.45, 2.75) is 6.92 Å². The number of anilines is 1. The van der Waals surface area contributed by atoms with E-state index in [-0.39, 0.29) is 5.56 Å². The lowest BCUT2D eigenvalue weighted by molar-refractivity contribution is 0.0699. The molecule has 0 aliphatic heterocycles. The molecule has 2 aromatic rings. The number of hydrogen-bond donors (Lipinski definition) is 2. The molecular weight excluding hydrogens is 244 g/mol. The van der Waals surface area contributed by atoms with E-state index in [2.05, 4.69) is 10.3 Å². The van der Waals surface area contributed by atoms with Crippen LogP contribution in [0.3, 0.4) is 0 Å². The molecule has 0 unspecified atom stereocenters. The van der Waals surface area contributed by atoms with Gasteiger partial charge in [-0.15, -0.1) is 0 Å². The number of benzene rings is 1. The number of carbonyl (C=O) groups is 1. The fourth-order valence-electron chi connectivity index (χ4n) is 1.98. The van der Waals surface area contributed by atoms with Gasteiger partial charge < -0.3 is 15.2 Å². The number of fused-ring (bicyclic) bond motifs is 1. The molecular formula is C14H16N2O3. The molecule has 1 aromatic heterocycles. The zero-order valence-corrected chi connectivity index (χ0v) is 10.9. The summed E-state index contributed by atoms with van der Waals surface area (Å²) in [6, 6.07) is 7.06. The van der Waals surface area contributed by atoms with Gasteiger partial charge in [0.25, 0.3) is 0 Å². The minimum absolute atomic E-state index is 0.219. The molecule has 100 valence electrons. The normalized spacial score (nSPS) is 10.6. The van der Waals surface area contributed by atoms with Gasteiger partial charge in [-0.1, -0.05) is 12.1 Å². The van der Waals surface area contributed by atoms with Crippen LogP contribution in [0.5, 0.6) is 0 Å². The van der Waals surface area contributed by atoms with Crippen LogP contribution in [0.2, 0.25) is 0 Å². The monoisotopic (exact) mass is 260 g/mol. The molecule has 0 aliphatic rings. The minimum atomic E-state index is -0.966. The van der Waals surface area contributed by atoms with Gasteiger partial charge in [0.15, 0.2) is 0 Å². The third-order valence-corrected chi connectivity index (χ3v) is 2.82. The lowest BCUT2D eigenvalue weighted by atomic mass is 10.1. The van der Waals surface area contributed by atoms with Gasteiger partial charge in [-0.25, -0.2) is 4.79 Å². The average Bonchev–Trinajstić information content (AvgIpc) is 2.38. The maximum absolute atomic E-state index is 11.2. The van der Waals surface area contributed by atoms with Crippen molar-refractivity contribution in [2.24, 2.45) is 0 Å². The SMILES string of the molecule is COCCNc1cc(C)nc2c(C(=O)O)cccc12. The molecule has 5 nitrogen and oxygen atoms in total. The summed E-state index contributed by atoms with van der Waals surface area (Å²) < 4.78 is 5.00. The zero-order chi connectivity index (χ0) is 13.8. The van der Waals surface area contributed by atoms with Crippen LogP contribution in [0, 0.1) is 6.92 Å². The summed E-state index contributed by atoms with van der Waals surface area (Å²) in [5.74, 6) is -0.966. The van der Waals surface area contributed by atoms with Crippen molar-refractivity contribution in [3.05, 3.63) is 35.5 Å². The van der Waals surface area contributed by atoms with Crippen LogP contribution >= 0.6 is 0 Å². The fourth-order valence-corrected chi connectivity index (χ4v) is 1.98. The molecule has 0 radical (unpaired) electrons. The lowest BCUT2D eigenvalue weighted by Gasteiger charge is -2.11. The van der Waals surface area contributed by atoms with Gasteiger partial charge in [0.1, 0.15) is 0 Å². The Kier molecular flexibility index (Phi) is 3.97. The van der Waals surface area contributed by atoms with E-state index < -0.39 is 5.97 Å². The van der Waals surface area contributed by atoms with Gasteiger partial charge in [0, 0.05) is 30.4 Å². The summed E-state index contributed by atoms with van der Waals surface area (Å²) in [6.07, 6.45) is 0. The lowest BCUT2D eigenvalue weighted by Crippen LogP contribution is -2.09. The van der Waals surface area contributed by atoms with Gasteiger partial charge in [0.2, 0.25) is 0 Å². The number of methoxy groups -OCH3 is 1. The highest BCUT2D eigenvalue weighted by Crippen LogP contribution is 2.25. The Morgan fingerprint density at radius 3 is 2.95 bits per heavy atom. The van der Waals surface area contributed by atoms with Crippen LogP contribution in [0.25, 0.3) is 10.9 Å². The summed E-state index contributed by atoms with van der Waals surface area (Å²) in [5.41, 5.74) is 2.38. The quantitative estimate of drug-likeness (QED) is 0.807. The Hall–Kier alpha value is -2.14. The Labute approximate surface area is 111 Å². The molecule has 1 heterocycles. The number of nitrogens with zero attached hydrogens (tertiary/aromatic N) is 1. The first-order valence-electron chi connectivity index (χ1n) is 6.00. The van der Waals surface area contributed by atoms with E-state index in [0.29, 0.717) is 18.7 Å². The number of carboxylic acids is 1. The number of hydrogen-bond acceptors (Lipinski definition) is 4. The molecule has 2 rings (SSSR count). The first kappa shape index (κ1) is 13.3. The van der Waals surface area contributed by atoms with Crippen molar-refractivity contribution < 1.29 is 14.6 Å². The second-order valence-corrected chi connectivity index (χ2v) is 4.24. The molecule has 0 bridgehead atoms. The maximum atomic E-state index is 11.2. The maximum Gasteiger partial charge on any atom is 0.337 e. The largest absolute Gasteiger partial charge is 0.478 e. The number of rotatable bonds is 5. The summed E-state index contributed by atoms with van der Waals surface area (Å²) in [7, 11) is 1.64. The molecule has 0 saturated heterocycles. The first-order valence-corrected chi connectivity index (χ1v) is 6.00. The molecule has 1 aromatic carbocycles. The molecule has 0 atom stereocenters. The van der Waals surface area contributed by atoms with Crippen molar-refractivity contribution in [2.75, 3.05) is 25.6 Å². The van der Waals surface area contributed by atoms with Gasteiger partial charge >= 0.3 is 5.97 Å². The Morgan fingerprint density at radius 2 is 2.26 bits per heavy atom. The van der Waals surface area contributed by atoms with Gasteiger partial charge in [-0.2, -0.15) is 0 Å². The highest BCUT2D eigenvalue weighted by molar-refractivity contribution is 6.05. The van der Waals surface area contributed by atoms with E-state index in [4.69, 9.17) is 4.74 Å². The number of pyridine rings is 1. The van der Waals surface area contributed by atoms with Crippen molar-refractivity contribution in [3.8, 4) is 0 Å². The predicted molar refractivity (Wildman–Crippen MR) is 73.8 cm³/mol. The molecule has 19 heavy (non-hydrogen) atoms. The Bertz CT molecular complexity index is 611. The van der Waals surface area contributed by atoms with Crippen LogP contribution in [0.15, 0.2) is 24.3 Å². The predicted octanol–water partition coefficient (Wildman–Crippen LogP) is 2.30. The topological polar surface area (TPSA) is 71.5 Å². The highest BCUT2D eigenvalue weighted by Gasteiger charge is 2.12. The van der Waals surface area contributed by atoms with Crippen LogP contribution < -0.4 is 5.32 Å². The second kappa shape index (κ2) is 5.67. The molecule has 2 N–H and O–H groups in total. The van der Waals surface area contributed by atoms with Gasteiger partial charge in [-0.3, -0.25) is 4.98 Å². The average molecular weight is 260 g/mol. The molecule has 0 spiro atoms. The third-order valence-electron chi connectivity index (χ3n) is 2.82. The number of nitrogens with one attached hydrogen (secondary N) is 1. The van der Waals surface area contributed by atoms with Gasteiger partial charge in [0.05, 0.1) is 17.7 Å². The van der Waals surface area contributed by atoms with E-state index in [1.54, 1.807) is 19.2 Å². The van der Waals surface area contributed by atoms with E-state index >= 15 is 0 Å². The van der Waals surface area contributed by atoms with Crippen molar-refractivity contribution >= 4 is 22.6 Å². The summed E-state index contributed by atoms with van der Waals surface area (Å²) >= 11 is 0. The third kappa shape index (κ3) is 2.82. The van der Waals surface area contributed by atoms with Crippen molar-refractivity contribution in [1.29, 1.82) is 0 Å². The number of carboxylic acid groups (broad SMARTS) is 1. The molecule has 0 saturated carbocycles. The number of para-hydroxylation sites is 1. The van der Waals surface area contributed by atoms with Crippen LogP contribution in [-0.4, -0.2) is 36.3 Å². The van der Waals surface area contributed by atoms with Crippen molar-refractivity contribution in [1.82, 2.24) is 4.98 Å². The van der Waals surface area contributed by atoms with Crippen LogP contribution in [0.1, 0.15) is 16.1 Å². The standard InChI is InChI=1S/C14H16N2O3/c1-9-8-12(15-6-7-19-2)10-4-3-5-11(14(17)18)13(10)16-9/h3-5,8H,6-7H2,1-2H3,(H,15,16)(H,17,18). The molecule has 0 amide bonds. The Balaban J connectivity index is 2.52. The Morgan fingerprint density at radius 1 is 1.47 bits per heavy atom. The van der Waals surface area contributed by atoms with Gasteiger partial charge in [-0.05, 0) is 19.1 Å². The minimum Gasteiger partial charge on any atom is -0.478 e. The highest BCUT2D eigenvalue weighted by atomic mass is 16.5. The smallest absolute Gasteiger partial charge is 0.337 e. The molecule has 5 heteroatoms. The number of aromatic carboxylic acids is 1. The fraction of sp³-hybridized carbons (Fsp3) is 0.286. The van der Waals surface area contributed by atoms with E-state index in [1.807, 2.05) is 19.1 Å². The summed E-state index contributed by atoms with van der Waals surface area (Å²) in [6.45, 7) is 3.09. The van der Waals surface area contributed by atoms with Crippen LogP contribution in [0.4, 0.5) is 5.69 Å².